The summed E-state index contributed by atoms with van der Waals surface area (Å²) >= 11 is 0. The van der Waals surface area contributed by atoms with Crippen molar-refractivity contribution in [2.75, 3.05) is 9.80 Å². The Labute approximate surface area is 326 Å². The SMILES string of the molecule is CC1(C)c2cc(/C=C/c3ccc4c(c3)C(C)(C)c3ccccc3N4c3ccccc3)ccc2-c2cc3c(cc21)N(c1ccccc1)c1ccccc1C3(C)C. The van der Waals surface area contributed by atoms with Crippen LogP contribution in [0.3, 0.4) is 0 Å². The fourth-order valence-electron chi connectivity index (χ4n) is 9.78. The topological polar surface area (TPSA) is 6.48 Å². The molecule has 0 fully saturated rings. The molecule has 1 aliphatic carbocycles. The quantitative estimate of drug-likeness (QED) is 0.168. The fraction of sp³-hybridized carbons (Fsp3) is 0.170. The maximum Gasteiger partial charge on any atom is 0.0506 e. The second kappa shape index (κ2) is 11.9. The zero-order valence-electron chi connectivity index (χ0n) is 32.6. The van der Waals surface area contributed by atoms with Gasteiger partial charge in [-0.05, 0) is 116 Å². The van der Waals surface area contributed by atoms with Crippen LogP contribution in [0.15, 0.2) is 158 Å². The highest BCUT2D eigenvalue weighted by atomic mass is 15.2. The molecule has 0 unspecified atom stereocenters. The van der Waals surface area contributed by atoms with Crippen molar-refractivity contribution in [2.45, 2.75) is 57.8 Å². The summed E-state index contributed by atoms with van der Waals surface area (Å²) in [5, 5.41) is 0. The maximum atomic E-state index is 2.51. The number of hydrogen-bond acceptors (Lipinski definition) is 2. The van der Waals surface area contributed by atoms with E-state index in [4.69, 9.17) is 0 Å². The Balaban J connectivity index is 1.03. The van der Waals surface area contributed by atoms with Crippen LogP contribution < -0.4 is 9.80 Å². The first-order valence-electron chi connectivity index (χ1n) is 19.6. The van der Waals surface area contributed by atoms with Gasteiger partial charge in [0.1, 0.15) is 0 Å². The van der Waals surface area contributed by atoms with Gasteiger partial charge in [-0.25, -0.2) is 0 Å². The molecule has 10 rings (SSSR count). The largest absolute Gasteiger partial charge is 0.310 e. The highest BCUT2D eigenvalue weighted by Crippen LogP contribution is 2.58. The van der Waals surface area contributed by atoms with Crippen LogP contribution in [0, 0.1) is 0 Å². The lowest BCUT2D eigenvalue weighted by Crippen LogP contribution is -2.31. The molecule has 2 aliphatic heterocycles. The number of para-hydroxylation sites is 4. The Morgan fingerprint density at radius 2 is 0.745 bits per heavy atom. The molecule has 0 saturated heterocycles. The second-order valence-corrected chi connectivity index (χ2v) is 17.1. The molecule has 7 aromatic carbocycles. The van der Waals surface area contributed by atoms with Gasteiger partial charge in [0.15, 0.2) is 0 Å². The summed E-state index contributed by atoms with van der Waals surface area (Å²) in [5.74, 6) is 0. The van der Waals surface area contributed by atoms with Gasteiger partial charge in [-0.15, -0.1) is 0 Å². The van der Waals surface area contributed by atoms with Crippen LogP contribution in [0.1, 0.15) is 86.1 Å². The van der Waals surface area contributed by atoms with Crippen molar-refractivity contribution in [1.29, 1.82) is 0 Å². The summed E-state index contributed by atoms with van der Waals surface area (Å²) in [5.41, 5.74) is 20.2. The van der Waals surface area contributed by atoms with Gasteiger partial charge in [-0.3, -0.25) is 0 Å². The smallest absolute Gasteiger partial charge is 0.0506 e. The van der Waals surface area contributed by atoms with Crippen molar-refractivity contribution < 1.29 is 0 Å². The molecule has 0 radical (unpaired) electrons. The summed E-state index contributed by atoms with van der Waals surface area (Å²) in [6.07, 6.45) is 4.58. The molecule has 3 aliphatic rings. The standard InChI is InChI=1S/C53H46N2/c1-51(2)41-21-13-15-23-47(41)54(37-17-9-7-10-18-37)49-30-28-36(32-45(49)51)26-25-35-27-29-39-40-33-46-50(34-44(40)53(5,6)43(39)31-35)55(38-19-11-8-12-20-38)48-24-16-14-22-42(48)52(46,3)4/h7-34H,1-6H3/b26-25+. The van der Waals surface area contributed by atoms with Crippen LogP contribution in [0.4, 0.5) is 34.1 Å². The van der Waals surface area contributed by atoms with E-state index in [-0.39, 0.29) is 16.2 Å². The lowest BCUT2D eigenvalue weighted by molar-refractivity contribution is 0.627. The van der Waals surface area contributed by atoms with Gasteiger partial charge in [-0.2, -0.15) is 0 Å². The van der Waals surface area contributed by atoms with Gasteiger partial charge in [0, 0.05) is 27.6 Å². The van der Waals surface area contributed by atoms with Gasteiger partial charge < -0.3 is 9.80 Å². The number of benzene rings is 7. The molecule has 0 spiro atoms. The van der Waals surface area contributed by atoms with E-state index in [1.165, 1.54) is 89.8 Å². The van der Waals surface area contributed by atoms with Gasteiger partial charge in [0.25, 0.3) is 0 Å². The van der Waals surface area contributed by atoms with Gasteiger partial charge in [0.05, 0.1) is 22.7 Å². The third-order valence-corrected chi connectivity index (χ3v) is 12.8. The van der Waals surface area contributed by atoms with E-state index in [0.29, 0.717) is 0 Å². The van der Waals surface area contributed by atoms with E-state index in [1.54, 1.807) is 0 Å². The van der Waals surface area contributed by atoms with Crippen molar-refractivity contribution in [1.82, 2.24) is 0 Å². The van der Waals surface area contributed by atoms with E-state index in [1.807, 2.05) is 0 Å². The monoisotopic (exact) mass is 710 g/mol. The van der Waals surface area contributed by atoms with Gasteiger partial charge >= 0.3 is 0 Å². The van der Waals surface area contributed by atoms with E-state index in [0.717, 1.165) is 0 Å². The Kier molecular flexibility index (Phi) is 7.26. The van der Waals surface area contributed by atoms with Crippen LogP contribution >= 0.6 is 0 Å². The number of fused-ring (bicyclic) bond motifs is 7. The molecule has 0 amide bonds. The summed E-state index contributed by atoms with van der Waals surface area (Å²) in [6, 6.07) is 58.4. The maximum absolute atomic E-state index is 2.51. The lowest BCUT2D eigenvalue weighted by Gasteiger charge is -2.42. The van der Waals surface area contributed by atoms with Crippen LogP contribution in [0.25, 0.3) is 23.3 Å². The molecule has 55 heavy (non-hydrogen) atoms. The first-order chi connectivity index (χ1) is 26.5. The van der Waals surface area contributed by atoms with Crippen molar-refractivity contribution in [3.05, 3.63) is 202 Å². The highest BCUT2D eigenvalue weighted by molar-refractivity contribution is 5.92. The molecule has 0 aromatic heterocycles. The summed E-state index contributed by atoms with van der Waals surface area (Å²) in [6.45, 7) is 14.3. The normalized spacial score (nSPS) is 16.5. The Bertz CT molecular complexity index is 2680. The molecule has 2 heteroatoms. The van der Waals surface area contributed by atoms with Crippen molar-refractivity contribution in [2.24, 2.45) is 0 Å². The summed E-state index contributed by atoms with van der Waals surface area (Å²) < 4.78 is 0. The molecule has 2 nitrogen and oxygen atoms in total. The third kappa shape index (κ3) is 4.94. The van der Waals surface area contributed by atoms with Crippen molar-refractivity contribution >= 4 is 46.3 Å². The van der Waals surface area contributed by atoms with Crippen LogP contribution in [0.2, 0.25) is 0 Å². The molecule has 0 bridgehead atoms. The zero-order valence-corrected chi connectivity index (χ0v) is 32.6. The number of hydrogen-bond donors (Lipinski definition) is 0. The van der Waals surface area contributed by atoms with Gasteiger partial charge in [-0.1, -0.05) is 151 Å². The molecule has 0 atom stereocenters. The predicted molar refractivity (Wildman–Crippen MR) is 233 cm³/mol. The van der Waals surface area contributed by atoms with Crippen LogP contribution in [-0.2, 0) is 16.2 Å². The van der Waals surface area contributed by atoms with Crippen LogP contribution in [0.5, 0.6) is 0 Å². The number of rotatable bonds is 4. The molecular weight excluding hydrogens is 665 g/mol. The predicted octanol–water partition coefficient (Wildman–Crippen LogP) is 14.4. The molecule has 0 saturated carbocycles. The Morgan fingerprint density at radius 1 is 0.327 bits per heavy atom. The molecule has 7 aromatic rings. The first kappa shape index (κ1) is 33.4. The molecular formula is C53H46N2. The highest BCUT2D eigenvalue weighted by Gasteiger charge is 2.42. The van der Waals surface area contributed by atoms with E-state index in [9.17, 15) is 0 Å². The minimum Gasteiger partial charge on any atom is -0.310 e. The van der Waals surface area contributed by atoms with Gasteiger partial charge in [0.2, 0.25) is 0 Å². The Hall–Kier alpha value is -6.12. The lowest BCUT2D eigenvalue weighted by atomic mass is 9.72. The molecule has 268 valence electrons. The average Bonchev–Trinajstić information content (AvgIpc) is 3.42. The minimum absolute atomic E-state index is 0.143. The average molecular weight is 711 g/mol. The van der Waals surface area contributed by atoms with E-state index >= 15 is 0 Å². The van der Waals surface area contributed by atoms with E-state index < -0.39 is 0 Å². The van der Waals surface area contributed by atoms with Crippen molar-refractivity contribution in [3.63, 3.8) is 0 Å². The zero-order chi connectivity index (χ0) is 37.7. The third-order valence-electron chi connectivity index (χ3n) is 12.8. The number of nitrogens with zero attached hydrogens (tertiary/aromatic N) is 2. The van der Waals surface area contributed by atoms with Crippen LogP contribution in [-0.4, -0.2) is 0 Å². The fourth-order valence-corrected chi connectivity index (χ4v) is 9.78. The summed E-state index contributed by atoms with van der Waals surface area (Å²) in [4.78, 5) is 4.89. The number of anilines is 6. The minimum atomic E-state index is -0.156. The summed E-state index contributed by atoms with van der Waals surface area (Å²) in [7, 11) is 0. The molecule has 0 N–H and O–H groups in total. The van der Waals surface area contributed by atoms with Crippen molar-refractivity contribution in [3.8, 4) is 11.1 Å². The second-order valence-electron chi connectivity index (χ2n) is 17.1. The Morgan fingerprint density at radius 3 is 1.33 bits per heavy atom. The van der Waals surface area contributed by atoms with E-state index in [2.05, 4.69) is 221 Å². The first-order valence-corrected chi connectivity index (χ1v) is 19.6. The molecule has 2 heterocycles.